The monoisotopic (exact) mass is 396 g/mol. The number of hydrogen-bond donors (Lipinski definition) is 1. The van der Waals surface area contributed by atoms with Gasteiger partial charge in [0.15, 0.2) is 11.5 Å². The summed E-state index contributed by atoms with van der Waals surface area (Å²) in [7, 11) is 0. The summed E-state index contributed by atoms with van der Waals surface area (Å²) in [5, 5.41) is 5.50. The first-order chi connectivity index (χ1) is 13.7. The summed E-state index contributed by atoms with van der Waals surface area (Å²) in [5.41, 5.74) is 1.45. The second kappa shape index (κ2) is 8.07. The van der Waals surface area contributed by atoms with E-state index in [0.717, 1.165) is 22.8 Å². The molecule has 0 aliphatic carbocycles. The van der Waals surface area contributed by atoms with Crippen molar-refractivity contribution < 1.29 is 14.3 Å². The fraction of sp³-hybridized carbons (Fsp3) is 0.273. The highest BCUT2D eigenvalue weighted by molar-refractivity contribution is 6.31. The Labute approximate surface area is 168 Å². The second-order valence-electron chi connectivity index (χ2n) is 6.76. The van der Waals surface area contributed by atoms with Crippen LogP contribution in [-0.4, -0.2) is 24.1 Å². The number of carbonyl (C=O) groups excluding carboxylic acids is 1. The zero-order chi connectivity index (χ0) is 19.5. The summed E-state index contributed by atoms with van der Waals surface area (Å²) in [6.07, 6.45) is 4.91. The maximum Gasteiger partial charge on any atom is 0.232 e. The molecule has 1 unspecified atom stereocenters. The van der Waals surface area contributed by atoms with Gasteiger partial charge in [-0.05, 0) is 18.9 Å². The molecule has 3 aromatic rings. The maximum atomic E-state index is 13.1. The van der Waals surface area contributed by atoms with Crippen LogP contribution in [-0.2, 0) is 4.79 Å². The summed E-state index contributed by atoms with van der Waals surface area (Å²) in [4.78, 5) is 17.4. The van der Waals surface area contributed by atoms with E-state index in [1.54, 1.807) is 24.5 Å². The van der Waals surface area contributed by atoms with Crippen molar-refractivity contribution in [2.24, 2.45) is 0 Å². The topological polar surface area (TPSA) is 60.5 Å². The van der Waals surface area contributed by atoms with Crippen molar-refractivity contribution in [3.63, 3.8) is 0 Å². The van der Waals surface area contributed by atoms with Gasteiger partial charge in [0.1, 0.15) is 0 Å². The average Bonchev–Trinajstić information content (AvgIpc) is 2.71. The summed E-state index contributed by atoms with van der Waals surface area (Å²) in [6, 6.07) is 11.4. The van der Waals surface area contributed by atoms with Gasteiger partial charge in [-0.15, -0.1) is 0 Å². The van der Waals surface area contributed by atoms with Crippen LogP contribution in [0.3, 0.4) is 0 Å². The van der Waals surface area contributed by atoms with E-state index in [4.69, 9.17) is 21.1 Å². The number of anilines is 1. The van der Waals surface area contributed by atoms with Gasteiger partial charge in [-0.2, -0.15) is 0 Å². The molecule has 144 valence electrons. The number of ether oxygens (including phenoxy) is 2. The smallest absolute Gasteiger partial charge is 0.232 e. The number of fused-ring (bicyclic) bond motifs is 2. The van der Waals surface area contributed by atoms with Crippen molar-refractivity contribution in [2.75, 3.05) is 18.5 Å². The van der Waals surface area contributed by atoms with Gasteiger partial charge in [0.2, 0.25) is 5.91 Å². The van der Waals surface area contributed by atoms with Crippen LogP contribution in [0.5, 0.6) is 11.5 Å². The van der Waals surface area contributed by atoms with Crippen LogP contribution < -0.4 is 14.8 Å². The van der Waals surface area contributed by atoms with Gasteiger partial charge < -0.3 is 14.8 Å². The number of carbonyl (C=O) groups is 1. The van der Waals surface area contributed by atoms with E-state index < -0.39 is 0 Å². The SMILES string of the molecule is CCCOc1cc(Cl)cc2c1OCCC2C(=O)Nc1cncc2ccccc12. The van der Waals surface area contributed by atoms with E-state index in [1.165, 1.54) is 0 Å². The lowest BCUT2D eigenvalue weighted by Crippen LogP contribution is -2.27. The lowest BCUT2D eigenvalue weighted by Gasteiger charge is -2.27. The Kier molecular flexibility index (Phi) is 5.35. The third-order valence-electron chi connectivity index (χ3n) is 4.78. The first-order valence-electron chi connectivity index (χ1n) is 9.40. The molecule has 5 nitrogen and oxygen atoms in total. The molecular formula is C22H21ClN2O3. The van der Waals surface area contributed by atoms with Gasteiger partial charge >= 0.3 is 0 Å². The minimum Gasteiger partial charge on any atom is -0.490 e. The normalized spacial score (nSPS) is 15.6. The number of benzene rings is 2. The Hall–Kier alpha value is -2.79. The van der Waals surface area contributed by atoms with Gasteiger partial charge in [0.25, 0.3) is 0 Å². The van der Waals surface area contributed by atoms with E-state index >= 15 is 0 Å². The number of nitrogens with zero attached hydrogens (tertiary/aromatic N) is 1. The standard InChI is InChI=1S/C22H21ClN2O3/c1-2-8-27-20-11-15(23)10-18-17(7-9-28-21(18)20)22(26)25-19-13-24-12-14-5-3-4-6-16(14)19/h3-6,10-13,17H,2,7-9H2,1H3,(H,25,26). The van der Waals surface area contributed by atoms with Crippen LogP contribution in [0.15, 0.2) is 48.8 Å². The number of rotatable bonds is 5. The van der Waals surface area contributed by atoms with E-state index in [0.29, 0.717) is 41.8 Å². The molecule has 0 bridgehead atoms. The third kappa shape index (κ3) is 3.62. The molecule has 0 fully saturated rings. The predicted octanol–water partition coefficient (Wildman–Crippen LogP) is 5.18. The molecule has 0 radical (unpaired) electrons. The highest BCUT2D eigenvalue weighted by atomic mass is 35.5. The fourth-order valence-electron chi connectivity index (χ4n) is 3.46. The third-order valence-corrected chi connectivity index (χ3v) is 5.00. The van der Waals surface area contributed by atoms with Gasteiger partial charge in [0, 0.05) is 33.6 Å². The molecule has 1 amide bonds. The zero-order valence-corrected chi connectivity index (χ0v) is 16.3. The minimum atomic E-state index is -0.370. The molecular weight excluding hydrogens is 376 g/mol. The number of amides is 1. The highest BCUT2D eigenvalue weighted by Crippen LogP contribution is 2.43. The fourth-order valence-corrected chi connectivity index (χ4v) is 3.68. The van der Waals surface area contributed by atoms with Crippen molar-refractivity contribution in [1.29, 1.82) is 0 Å². The van der Waals surface area contributed by atoms with E-state index in [-0.39, 0.29) is 11.8 Å². The molecule has 0 saturated carbocycles. The van der Waals surface area contributed by atoms with E-state index in [9.17, 15) is 4.79 Å². The molecule has 2 aromatic carbocycles. The van der Waals surface area contributed by atoms with Crippen molar-refractivity contribution in [1.82, 2.24) is 4.98 Å². The maximum absolute atomic E-state index is 13.1. The predicted molar refractivity (Wildman–Crippen MR) is 110 cm³/mol. The number of halogens is 1. The van der Waals surface area contributed by atoms with Crippen LogP contribution >= 0.6 is 11.6 Å². The first-order valence-corrected chi connectivity index (χ1v) is 9.78. The first kappa shape index (κ1) is 18.6. The minimum absolute atomic E-state index is 0.105. The molecule has 0 spiro atoms. The van der Waals surface area contributed by atoms with Gasteiger partial charge in [0.05, 0.1) is 31.0 Å². The molecule has 2 heterocycles. The number of nitrogens with one attached hydrogen (secondary N) is 1. The molecule has 28 heavy (non-hydrogen) atoms. The summed E-state index contributed by atoms with van der Waals surface area (Å²) >= 11 is 6.29. The van der Waals surface area contributed by atoms with E-state index in [2.05, 4.69) is 10.3 Å². The number of pyridine rings is 1. The Balaban J connectivity index is 1.65. The Morgan fingerprint density at radius 3 is 3.04 bits per heavy atom. The number of aromatic nitrogens is 1. The molecule has 1 aliphatic rings. The van der Waals surface area contributed by atoms with Crippen molar-refractivity contribution in [2.45, 2.75) is 25.7 Å². The zero-order valence-electron chi connectivity index (χ0n) is 15.6. The Morgan fingerprint density at radius 2 is 2.18 bits per heavy atom. The summed E-state index contributed by atoms with van der Waals surface area (Å²) in [5.74, 6) is 0.728. The van der Waals surface area contributed by atoms with Gasteiger partial charge in [-0.3, -0.25) is 9.78 Å². The molecule has 4 rings (SSSR count). The Bertz CT molecular complexity index is 1020. The summed E-state index contributed by atoms with van der Waals surface area (Å²) < 4.78 is 11.6. The molecule has 1 atom stereocenters. The molecule has 1 aromatic heterocycles. The molecule has 1 N–H and O–H groups in total. The molecule has 6 heteroatoms. The van der Waals surface area contributed by atoms with Crippen LogP contribution in [0.1, 0.15) is 31.2 Å². The van der Waals surface area contributed by atoms with Crippen molar-refractivity contribution >= 4 is 34.0 Å². The number of hydrogen-bond acceptors (Lipinski definition) is 4. The lowest BCUT2D eigenvalue weighted by molar-refractivity contribution is -0.118. The van der Waals surface area contributed by atoms with Gasteiger partial charge in [-0.1, -0.05) is 42.8 Å². The lowest BCUT2D eigenvalue weighted by atomic mass is 9.91. The second-order valence-corrected chi connectivity index (χ2v) is 7.19. The highest BCUT2D eigenvalue weighted by Gasteiger charge is 2.31. The quantitative estimate of drug-likeness (QED) is 0.645. The Morgan fingerprint density at radius 1 is 1.32 bits per heavy atom. The largest absolute Gasteiger partial charge is 0.490 e. The average molecular weight is 397 g/mol. The van der Waals surface area contributed by atoms with Crippen LogP contribution in [0.2, 0.25) is 5.02 Å². The van der Waals surface area contributed by atoms with Crippen molar-refractivity contribution in [3.8, 4) is 11.5 Å². The molecule has 1 aliphatic heterocycles. The summed E-state index contributed by atoms with van der Waals surface area (Å²) in [6.45, 7) is 3.05. The van der Waals surface area contributed by atoms with Gasteiger partial charge in [-0.25, -0.2) is 0 Å². The molecule has 0 saturated heterocycles. The van der Waals surface area contributed by atoms with E-state index in [1.807, 2.05) is 31.2 Å². The van der Waals surface area contributed by atoms with Crippen LogP contribution in [0, 0.1) is 0 Å². The van der Waals surface area contributed by atoms with Crippen molar-refractivity contribution in [3.05, 3.63) is 59.4 Å². The van der Waals surface area contributed by atoms with Crippen LogP contribution in [0.4, 0.5) is 5.69 Å². The van der Waals surface area contributed by atoms with Crippen LogP contribution in [0.25, 0.3) is 10.8 Å².